The van der Waals surface area contributed by atoms with Gasteiger partial charge in [-0.15, -0.1) is 0 Å². The number of benzene rings is 1. The van der Waals surface area contributed by atoms with Gasteiger partial charge in [-0.25, -0.2) is 18.1 Å². The summed E-state index contributed by atoms with van der Waals surface area (Å²) in [4.78, 5) is 11.3. The summed E-state index contributed by atoms with van der Waals surface area (Å²) in [5, 5.41) is 13.2. The second-order valence-corrected chi connectivity index (χ2v) is 6.41. The summed E-state index contributed by atoms with van der Waals surface area (Å²) in [7, 11) is -4.35. The first-order valence-corrected chi connectivity index (χ1v) is 7.82. The van der Waals surface area contributed by atoms with Gasteiger partial charge in [-0.2, -0.15) is 22.3 Å². The van der Waals surface area contributed by atoms with E-state index in [1.807, 2.05) is 0 Å². The zero-order valence-electron chi connectivity index (χ0n) is 11.6. The van der Waals surface area contributed by atoms with Gasteiger partial charge in [-0.3, -0.25) is 4.79 Å². The molecule has 1 fully saturated rings. The maximum absolute atomic E-state index is 14.7. The molecule has 1 aliphatic heterocycles. The molecule has 1 aromatic heterocycles. The van der Waals surface area contributed by atoms with Gasteiger partial charge in [-0.1, -0.05) is 0 Å². The summed E-state index contributed by atoms with van der Waals surface area (Å²) in [6.45, 7) is -3.65. The van der Waals surface area contributed by atoms with Crippen LogP contribution in [0.2, 0.25) is 0 Å². The Morgan fingerprint density at radius 1 is 1.33 bits per heavy atom. The molecule has 3 rings (SSSR count). The Morgan fingerprint density at radius 3 is 2.58 bits per heavy atom. The number of rotatable bonds is 3. The molecule has 2 heterocycles. The van der Waals surface area contributed by atoms with Gasteiger partial charge in [0.15, 0.2) is 5.82 Å². The van der Waals surface area contributed by atoms with Crippen LogP contribution in [-0.2, 0) is 15.0 Å². The zero-order valence-corrected chi connectivity index (χ0v) is 12.5. The van der Waals surface area contributed by atoms with Crippen LogP contribution in [0.4, 0.5) is 18.9 Å². The fourth-order valence-corrected chi connectivity index (χ4v) is 3.41. The minimum Gasteiger partial charge on any atom is -0.506 e. The highest BCUT2D eigenvalue weighted by Gasteiger charge is 2.38. The van der Waals surface area contributed by atoms with E-state index in [2.05, 4.69) is 5.10 Å². The Bertz CT molecular complexity index is 928. The Kier molecular flexibility index (Phi) is 3.63. The number of carbonyl (C=O) groups is 1. The fourth-order valence-electron chi connectivity index (χ4n) is 2.24. The van der Waals surface area contributed by atoms with Crippen LogP contribution in [0.1, 0.15) is 6.55 Å². The molecule has 8 nitrogen and oxygen atoms in total. The second kappa shape index (κ2) is 5.40. The van der Waals surface area contributed by atoms with E-state index in [1.54, 1.807) is 4.72 Å². The molecule has 0 aliphatic carbocycles. The first kappa shape index (κ1) is 16.1. The highest BCUT2D eigenvalue weighted by atomic mass is 32.2. The van der Waals surface area contributed by atoms with Gasteiger partial charge >= 0.3 is 16.8 Å². The smallest absolute Gasteiger partial charge is 0.333 e. The summed E-state index contributed by atoms with van der Waals surface area (Å²) >= 11 is 0. The number of hydrogen-bond acceptors (Lipinski definition) is 5. The molecule has 12 heteroatoms. The van der Waals surface area contributed by atoms with Crippen LogP contribution in [-0.4, -0.2) is 35.8 Å². The van der Waals surface area contributed by atoms with Crippen molar-refractivity contribution in [2.75, 3.05) is 10.8 Å². The average molecular weight is 362 g/mol. The zero-order chi connectivity index (χ0) is 17.6. The number of amides is 1. The lowest BCUT2D eigenvalue weighted by molar-refractivity contribution is -0.117. The number of aromatic hydroxyl groups is 1. The monoisotopic (exact) mass is 362 g/mol. The number of phenols is 1. The first-order valence-electron chi connectivity index (χ1n) is 6.38. The predicted molar refractivity (Wildman–Crippen MR) is 74.9 cm³/mol. The largest absolute Gasteiger partial charge is 0.506 e. The number of phenolic OH excluding ortho intramolecular Hbond substituents is 1. The van der Waals surface area contributed by atoms with Crippen molar-refractivity contribution in [1.29, 1.82) is 0 Å². The second-order valence-electron chi connectivity index (χ2n) is 4.82. The Labute approximate surface area is 133 Å². The maximum atomic E-state index is 14.7. The molecular formula is C12H9F3N4O4S. The molecule has 2 N–H and O–H groups in total. The van der Waals surface area contributed by atoms with Crippen molar-refractivity contribution in [1.82, 2.24) is 14.5 Å². The molecule has 24 heavy (non-hydrogen) atoms. The minimum atomic E-state index is -4.35. The Balaban J connectivity index is 2.13. The van der Waals surface area contributed by atoms with E-state index in [0.29, 0.717) is 8.99 Å². The van der Waals surface area contributed by atoms with E-state index in [0.717, 1.165) is 24.5 Å². The Hall–Kier alpha value is -2.76. The number of halogens is 3. The van der Waals surface area contributed by atoms with Crippen molar-refractivity contribution in [2.24, 2.45) is 0 Å². The predicted octanol–water partition coefficient (Wildman–Crippen LogP) is 0.971. The number of alkyl halides is 2. The van der Waals surface area contributed by atoms with Crippen LogP contribution < -0.4 is 9.03 Å². The SMILES string of the molecule is O=C1CN(c2c(O)ccc(-c3cnn(C(F)F)c3)c2F)S(=O)(=O)N1. The molecule has 1 aliphatic rings. The number of anilines is 1. The third-order valence-corrected chi connectivity index (χ3v) is 4.65. The van der Waals surface area contributed by atoms with Crippen LogP contribution in [0, 0.1) is 5.82 Å². The van der Waals surface area contributed by atoms with E-state index in [4.69, 9.17) is 0 Å². The third-order valence-electron chi connectivity index (χ3n) is 3.28. The number of carbonyl (C=O) groups excluding carboxylic acids is 1. The quantitative estimate of drug-likeness (QED) is 0.847. The molecule has 0 radical (unpaired) electrons. The summed E-state index contributed by atoms with van der Waals surface area (Å²) in [5.74, 6) is -2.81. The highest BCUT2D eigenvalue weighted by Crippen LogP contribution is 2.38. The molecule has 2 aromatic rings. The van der Waals surface area contributed by atoms with Gasteiger partial charge in [0.25, 0.3) is 5.91 Å². The molecule has 0 bridgehead atoms. The number of nitrogens with one attached hydrogen (secondary N) is 1. The number of nitrogens with zero attached hydrogens (tertiary/aromatic N) is 3. The van der Waals surface area contributed by atoms with Gasteiger partial charge < -0.3 is 5.11 Å². The molecule has 1 saturated heterocycles. The van der Waals surface area contributed by atoms with Gasteiger partial charge in [0.1, 0.15) is 18.0 Å². The van der Waals surface area contributed by atoms with Gasteiger partial charge in [-0.05, 0) is 12.1 Å². The molecule has 0 atom stereocenters. The van der Waals surface area contributed by atoms with E-state index in [9.17, 15) is 31.5 Å². The van der Waals surface area contributed by atoms with E-state index in [-0.39, 0.29) is 11.1 Å². The Morgan fingerprint density at radius 2 is 2.04 bits per heavy atom. The average Bonchev–Trinajstić information content (AvgIpc) is 3.04. The minimum absolute atomic E-state index is 0.0510. The normalized spacial score (nSPS) is 16.7. The lowest BCUT2D eigenvalue weighted by atomic mass is 10.1. The topological polar surface area (TPSA) is 105 Å². The van der Waals surface area contributed by atoms with Gasteiger partial charge in [0, 0.05) is 17.3 Å². The molecule has 1 aromatic carbocycles. The number of aromatic nitrogens is 2. The van der Waals surface area contributed by atoms with Crippen LogP contribution >= 0.6 is 0 Å². The highest BCUT2D eigenvalue weighted by molar-refractivity contribution is 7.92. The lowest BCUT2D eigenvalue weighted by Gasteiger charge is -2.18. The van der Waals surface area contributed by atoms with E-state index in [1.165, 1.54) is 0 Å². The molecule has 0 saturated carbocycles. The summed E-state index contributed by atoms with van der Waals surface area (Å²) in [5.41, 5.74) is -1.06. The number of hydrogen-bond donors (Lipinski definition) is 2. The van der Waals surface area contributed by atoms with Crippen molar-refractivity contribution in [2.45, 2.75) is 6.55 Å². The lowest BCUT2D eigenvalue weighted by Crippen LogP contribution is -2.30. The van der Waals surface area contributed by atoms with Crippen molar-refractivity contribution in [3.8, 4) is 16.9 Å². The van der Waals surface area contributed by atoms with Gasteiger partial charge in [0.05, 0.1) is 6.20 Å². The summed E-state index contributed by atoms with van der Waals surface area (Å²) < 4.78 is 65.8. The van der Waals surface area contributed by atoms with Crippen LogP contribution in [0.15, 0.2) is 24.5 Å². The first-order chi connectivity index (χ1) is 11.2. The van der Waals surface area contributed by atoms with Crippen molar-refractivity contribution in [3.63, 3.8) is 0 Å². The van der Waals surface area contributed by atoms with Crippen LogP contribution in [0.3, 0.4) is 0 Å². The van der Waals surface area contributed by atoms with Gasteiger partial charge in [0.2, 0.25) is 0 Å². The van der Waals surface area contributed by atoms with E-state index < -0.39 is 46.5 Å². The van der Waals surface area contributed by atoms with Crippen LogP contribution in [0.25, 0.3) is 11.1 Å². The van der Waals surface area contributed by atoms with Crippen molar-refractivity contribution < 1.29 is 31.5 Å². The summed E-state index contributed by atoms with van der Waals surface area (Å²) in [6, 6.07) is 2.07. The third kappa shape index (κ3) is 2.54. The van der Waals surface area contributed by atoms with Crippen LogP contribution in [0.5, 0.6) is 5.75 Å². The molecule has 1 amide bonds. The molecule has 128 valence electrons. The summed E-state index contributed by atoms with van der Waals surface area (Å²) in [6.07, 6.45) is 1.83. The fraction of sp³-hybridized carbons (Fsp3) is 0.167. The van der Waals surface area contributed by atoms with Crippen molar-refractivity contribution >= 4 is 21.8 Å². The molecule has 0 spiro atoms. The standard InChI is InChI=1S/C12H9F3N4O4S/c13-10-7(6-3-16-18(4-6)12(14)15)1-2-8(20)11(10)19-5-9(21)17-24(19,22)23/h1-4,12,20H,5H2,(H,17,21). The van der Waals surface area contributed by atoms with E-state index >= 15 is 0 Å². The molecular weight excluding hydrogens is 353 g/mol. The van der Waals surface area contributed by atoms with Crippen molar-refractivity contribution in [3.05, 3.63) is 30.3 Å². The maximum Gasteiger partial charge on any atom is 0.333 e. The molecule has 0 unspecified atom stereocenters.